The number of carbonyl (C=O) groups excluding carboxylic acids is 1. The first-order valence-electron chi connectivity index (χ1n) is 8.26. The van der Waals surface area contributed by atoms with Crippen molar-refractivity contribution in [2.75, 3.05) is 26.0 Å². The molecule has 1 aliphatic heterocycles. The summed E-state index contributed by atoms with van der Waals surface area (Å²) < 4.78 is 41.9. The van der Waals surface area contributed by atoms with Crippen LogP contribution in [0.1, 0.15) is 25.3 Å². The van der Waals surface area contributed by atoms with E-state index >= 15 is 0 Å². The molecule has 0 saturated carbocycles. The van der Waals surface area contributed by atoms with Crippen LogP contribution in [-0.4, -0.2) is 54.1 Å². The van der Waals surface area contributed by atoms with Crippen LogP contribution >= 0.6 is 24.0 Å². The van der Waals surface area contributed by atoms with Gasteiger partial charge in [0.2, 0.25) is 0 Å². The summed E-state index contributed by atoms with van der Waals surface area (Å²) in [6.45, 7) is 2.49. The SMILES string of the molecule is CCCCOc1ccc(/C=C2\SC(=S)N(CCS(=O)(=O)O)C2=O)cc1OC. The van der Waals surface area contributed by atoms with Gasteiger partial charge in [0.15, 0.2) is 11.5 Å². The molecule has 1 aliphatic rings. The Morgan fingerprint density at radius 1 is 1.33 bits per heavy atom. The summed E-state index contributed by atoms with van der Waals surface area (Å²) in [5.74, 6) is 0.228. The molecule has 0 unspecified atom stereocenters. The maximum absolute atomic E-state index is 12.4. The molecule has 27 heavy (non-hydrogen) atoms. The summed E-state index contributed by atoms with van der Waals surface area (Å²) in [4.78, 5) is 14.0. The van der Waals surface area contributed by atoms with Crippen LogP contribution in [0.4, 0.5) is 0 Å². The lowest BCUT2D eigenvalue weighted by molar-refractivity contribution is -0.121. The van der Waals surface area contributed by atoms with Gasteiger partial charge in [-0.1, -0.05) is 43.4 Å². The number of methoxy groups -OCH3 is 1. The number of rotatable bonds is 9. The lowest BCUT2D eigenvalue weighted by atomic mass is 10.2. The first-order valence-corrected chi connectivity index (χ1v) is 11.1. The zero-order chi connectivity index (χ0) is 20.0. The Hall–Kier alpha value is -1.62. The molecule has 1 aromatic carbocycles. The van der Waals surface area contributed by atoms with E-state index in [2.05, 4.69) is 6.92 Å². The summed E-state index contributed by atoms with van der Waals surface area (Å²) in [5.41, 5.74) is 0.727. The fraction of sp³-hybridized carbons (Fsp3) is 0.412. The monoisotopic (exact) mass is 431 g/mol. The molecular weight excluding hydrogens is 410 g/mol. The minimum atomic E-state index is -4.17. The largest absolute Gasteiger partial charge is 0.493 e. The first kappa shape index (κ1) is 21.7. The number of unbranched alkanes of at least 4 members (excludes halogenated alkanes) is 1. The summed E-state index contributed by atoms with van der Waals surface area (Å²) in [5, 5.41) is 0. The molecule has 1 fully saturated rings. The number of carbonyl (C=O) groups is 1. The van der Waals surface area contributed by atoms with Crippen molar-refractivity contribution in [2.24, 2.45) is 0 Å². The zero-order valence-corrected chi connectivity index (χ0v) is 17.5. The molecule has 0 aromatic heterocycles. The molecule has 7 nitrogen and oxygen atoms in total. The highest BCUT2D eigenvalue weighted by atomic mass is 32.2. The number of ether oxygens (including phenoxy) is 2. The molecule has 0 radical (unpaired) electrons. The Morgan fingerprint density at radius 3 is 2.70 bits per heavy atom. The van der Waals surface area contributed by atoms with Crippen LogP contribution in [-0.2, 0) is 14.9 Å². The number of hydrogen-bond acceptors (Lipinski definition) is 7. The second kappa shape index (κ2) is 9.54. The van der Waals surface area contributed by atoms with Gasteiger partial charge in [0.1, 0.15) is 4.32 Å². The fourth-order valence-electron chi connectivity index (χ4n) is 2.27. The fourth-order valence-corrected chi connectivity index (χ4v) is 3.99. The Bertz CT molecular complexity index is 850. The molecule has 148 valence electrons. The predicted octanol–water partition coefficient (Wildman–Crippen LogP) is 2.96. The lowest BCUT2D eigenvalue weighted by Crippen LogP contribution is -2.32. The van der Waals surface area contributed by atoms with Crippen molar-refractivity contribution in [3.8, 4) is 11.5 Å². The Morgan fingerprint density at radius 2 is 2.07 bits per heavy atom. The van der Waals surface area contributed by atoms with Gasteiger partial charge < -0.3 is 9.47 Å². The minimum Gasteiger partial charge on any atom is -0.493 e. The Kier molecular flexibility index (Phi) is 7.66. The van der Waals surface area contributed by atoms with Crippen molar-refractivity contribution in [3.63, 3.8) is 0 Å². The molecule has 1 amide bonds. The molecule has 1 heterocycles. The number of thiocarbonyl (C=S) groups is 1. The van der Waals surface area contributed by atoms with Gasteiger partial charge in [-0.05, 0) is 30.2 Å². The van der Waals surface area contributed by atoms with Crippen LogP contribution in [0.15, 0.2) is 23.1 Å². The number of benzene rings is 1. The molecule has 1 N–H and O–H groups in total. The molecule has 0 bridgehead atoms. The van der Waals surface area contributed by atoms with Crippen molar-refractivity contribution < 1.29 is 27.2 Å². The minimum absolute atomic E-state index is 0.186. The van der Waals surface area contributed by atoms with Gasteiger partial charge in [-0.15, -0.1) is 0 Å². The second-order valence-corrected chi connectivity index (χ2v) is 8.98. The first-order chi connectivity index (χ1) is 12.7. The molecule has 1 aromatic rings. The smallest absolute Gasteiger partial charge is 0.266 e. The van der Waals surface area contributed by atoms with Gasteiger partial charge >= 0.3 is 0 Å². The molecular formula is C17H21NO6S3. The van der Waals surface area contributed by atoms with Crippen molar-refractivity contribution in [3.05, 3.63) is 28.7 Å². The summed E-state index contributed by atoms with van der Waals surface area (Å²) in [6, 6.07) is 5.33. The summed E-state index contributed by atoms with van der Waals surface area (Å²) in [6.07, 6.45) is 3.63. The van der Waals surface area contributed by atoms with Crippen molar-refractivity contribution in [2.45, 2.75) is 19.8 Å². The molecule has 0 aliphatic carbocycles. The van der Waals surface area contributed by atoms with E-state index in [1.807, 2.05) is 0 Å². The van der Waals surface area contributed by atoms with Gasteiger partial charge in [0.05, 0.1) is 24.4 Å². The third-order valence-corrected chi connectivity index (χ3v) is 5.76. The quantitative estimate of drug-likeness (QED) is 0.276. The van der Waals surface area contributed by atoms with Crippen LogP contribution in [0.2, 0.25) is 0 Å². The molecule has 2 rings (SSSR count). The number of amides is 1. The van der Waals surface area contributed by atoms with Crippen LogP contribution in [0.25, 0.3) is 6.08 Å². The van der Waals surface area contributed by atoms with Crippen LogP contribution < -0.4 is 9.47 Å². The van der Waals surface area contributed by atoms with E-state index in [0.29, 0.717) is 23.0 Å². The highest BCUT2D eigenvalue weighted by Gasteiger charge is 2.32. The van der Waals surface area contributed by atoms with E-state index in [4.69, 9.17) is 26.2 Å². The normalized spacial score (nSPS) is 16.3. The topological polar surface area (TPSA) is 93.1 Å². The molecule has 0 atom stereocenters. The molecule has 1 saturated heterocycles. The van der Waals surface area contributed by atoms with Crippen molar-refractivity contribution >= 4 is 50.4 Å². The van der Waals surface area contributed by atoms with Crippen LogP contribution in [0.5, 0.6) is 11.5 Å². The average molecular weight is 432 g/mol. The summed E-state index contributed by atoms with van der Waals surface area (Å²) >= 11 is 6.22. The third-order valence-electron chi connectivity index (χ3n) is 3.69. The highest BCUT2D eigenvalue weighted by molar-refractivity contribution is 8.26. The molecule has 0 spiro atoms. The Balaban J connectivity index is 2.15. The van der Waals surface area contributed by atoms with E-state index in [1.165, 1.54) is 4.90 Å². The highest BCUT2D eigenvalue weighted by Crippen LogP contribution is 2.34. The van der Waals surface area contributed by atoms with Crippen molar-refractivity contribution in [1.82, 2.24) is 4.90 Å². The standard InChI is InChI=1S/C17H21NO6S3/c1-3-4-8-24-13-6-5-12(10-14(13)23-2)11-15-16(19)18(17(25)26-15)7-9-27(20,21)22/h5-6,10-11H,3-4,7-9H2,1-2H3,(H,20,21,22)/b15-11-. The van der Waals surface area contributed by atoms with Crippen LogP contribution in [0.3, 0.4) is 0 Å². The van der Waals surface area contributed by atoms with Gasteiger partial charge in [-0.3, -0.25) is 14.2 Å². The van der Waals surface area contributed by atoms with Crippen molar-refractivity contribution in [1.29, 1.82) is 0 Å². The maximum Gasteiger partial charge on any atom is 0.266 e. The lowest BCUT2D eigenvalue weighted by Gasteiger charge is -2.12. The average Bonchev–Trinajstić information content (AvgIpc) is 2.87. The maximum atomic E-state index is 12.4. The van der Waals surface area contributed by atoms with E-state index in [-0.39, 0.29) is 10.9 Å². The zero-order valence-electron chi connectivity index (χ0n) is 15.0. The molecule has 10 heteroatoms. The predicted molar refractivity (Wildman–Crippen MR) is 110 cm³/mol. The van der Waals surface area contributed by atoms with Gasteiger partial charge in [0.25, 0.3) is 16.0 Å². The second-order valence-electron chi connectivity index (χ2n) is 5.73. The van der Waals surface area contributed by atoms with Gasteiger partial charge in [-0.2, -0.15) is 8.42 Å². The van der Waals surface area contributed by atoms with Gasteiger partial charge in [0, 0.05) is 6.54 Å². The van der Waals surface area contributed by atoms with E-state index < -0.39 is 21.8 Å². The third kappa shape index (κ3) is 6.20. The summed E-state index contributed by atoms with van der Waals surface area (Å²) in [7, 11) is -2.63. The van der Waals surface area contributed by atoms with E-state index in [0.717, 1.165) is 30.2 Å². The van der Waals surface area contributed by atoms with Gasteiger partial charge in [-0.25, -0.2) is 0 Å². The number of thioether (sulfide) groups is 1. The van der Waals surface area contributed by atoms with E-state index in [1.54, 1.807) is 31.4 Å². The van der Waals surface area contributed by atoms with Crippen LogP contribution in [0, 0.1) is 0 Å². The Labute approximate surface area is 168 Å². The number of nitrogens with zero attached hydrogens (tertiary/aromatic N) is 1. The van der Waals surface area contributed by atoms with E-state index in [9.17, 15) is 13.2 Å². The number of hydrogen-bond donors (Lipinski definition) is 1.